The number of rotatable bonds is 7. The molecule has 5 heteroatoms. The van der Waals surface area contributed by atoms with Gasteiger partial charge in [-0.2, -0.15) is 0 Å². The van der Waals surface area contributed by atoms with Crippen LogP contribution in [0.5, 0.6) is 0 Å². The smallest absolute Gasteiger partial charge is 0.404 e. The summed E-state index contributed by atoms with van der Waals surface area (Å²) in [6.45, 7) is 0.758. The molecule has 3 atom stereocenters. The van der Waals surface area contributed by atoms with E-state index in [4.69, 9.17) is 15.2 Å². The minimum absolute atomic E-state index is 0.0175. The second-order valence-electron chi connectivity index (χ2n) is 5.14. The quantitative estimate of drug-likeness (QED) is 0.575. The van der Waals surface area contributed by atoms with Crippen molar-refractivity contribution in [3.63, 3.8) is 0 Å². The maximum atomic E-state index is 10.9. The van der Waals surface area contributed by atoms with Crippen molar-refractivity contribution in [2.75, 3.05) is 13.7 Å². The Morgan fingerprint density at radius 1 is 1.50 bits per heavy atom. The largest absolute Gasteiger partial charge is 0.446 e. The van der Waals surface area contributed by atoms with Gasteiger partial charge in [-0.15, -0.1) is 0 Å². The number of carbonyl (C=O) groups is 1. The topological polar surface area (TPSA) is 61.6 Å². The van der Waals surface area contributed by atoms with E-state index in [9.17, 15) is 4.79 Å². The van der Waals surface area contributed by atoms with Crippen molar-refractivity contribution in [2.24, 2.45) is 11.7 Å². The van der Waals surface area contributed by atoms with Gasteiger partial charge >= 0.3 is 6.09 Å². The SMILES string of the molecule is COCCC[C@H](c1ccccc1I)[C@@H]1CC1OC(N)=O. The van der Waals surface area contributed by atoms with Crippen LogP contribution in [0.4, 0.5) is 4.79 Å². The zero-order chi connectivity index (χ0) is 14.5. The van der Waals surface area contributed by atoms with E-state index in [1.165, 1.54) is 9.13 Å². The van der Waals surface area contributed by atoms with Crippen LogP contribution in [0.2, 0.25) is 0 Å². The summed E-state index contributed by atoms with van der Waals surface area (Å²) in [4.78, 5) is 10.9. The Labute approximate surface area is 133 Å². The summed E-state index contributed by atoms with van der Waals surface area (Å²) in [7, 11) is 1.72. The lowest BCUT2D eigenvalue weighted by Crippen LogP contribution is -2.17. The van der Waals surface area contributed by atoms with E-state index >= 15 is 0 Å². The summed E-state index contributed by atoms with van der Waals surface area (Å²) < 4.78 is 11.5. The average Bonchev–Trinajstić information content (AvgIpc) is 3.14. The second-order valence-corrected chi connectivity index (χ2v) is 6.30. The number of hydrogen-bond donors (Lipinski definition) is 1. The molecule has 0 aromatic heterocycles. The maximum Gasteiger partial charge on any atom is 0.404 e. The van der Waals surface area contributed by atoms with Gasteiger partial charge in [-0.1, -0.05) is 18.2 Å². The Kier molecular flexibility index (Phi) is 5.65. The Morgan fingerprint density at radius 2 is 2.25 bits per heavy atom. The van der Waals surface area contributed by atoms with E-state index in [0.29, 0.717) is 11.8 Å². The molecule has 0 aliphatic heterocycles. The molecule has 1 aliphatic rings. The van der Waals surface area contributed by atoms with Gasteiger partial charge in [-0.05, 0) is 59.4 Å². The number of carbonyl (C=O) groups excluding carboxylic acids is 1. The Morgan fingerprint density at radius 3 is 2.90 bits per heavy atom. The van der Waals surface area contributed by atoms with Gasteiger partial charge in [0.15, 0.2) is 0 Å². The van der Waals surface area contributed by atoms with Gasteiger partial charge in [-0.25, -0.2) is 4.79 Å². The molecule has 0 saturated heterocycles. The number of benzene rings is 1. The van der Waals surface area contributed by atoms with Crippen LogP contribution in [0.25, 0.3) is 0 Å². The van der Waals surface area contributed by atoms with Gasteiger partial charge in [0.25, 0.3) is 0 Å². The third kappa shape index (κ3) is 4.09. The molecular formula is C15H20INO3. The van der Waals surface area contributed by atoms with Gasteiger partial charge in [0.1, 0.15) is 6.10 Å². The lowest BCUT2D eigenvalue weighted by Gasteiger charge is -2.19. The van der Waals surface area contributed by atoms with Crippen LogP contribution in [0.3, 0.4) is 0 Å². The summed E-state index contributed by atoms with van der Waals surface area (Å²) in [5.74, 6) is 0.790. The molecule has 1 aliphatic carbocycles. The van der Waals surface area contributed by atoms with E-state index in [1.807, 2.05) is 6.07 Å². The molecule has 2 N–H and O–H groups in total. The molecule has 4 nitrogen and oxygen atoms in total. The van der Waals surface area contributed by atoms with Gasteiger partial charge in [0.05, 0.1) is 0 Å². The number of ether oxygens (including phenoxy) is 2. The van der Waals surface area contributed by atoms with Crippen LogP contribution >= 0.6 is 22.6 Å². The average molecular weight is 389 g/mol. The number of methoxy groups -OCH3 is 1. The van der Waals surface area contributed by atoms with Crippen LogP contribution in [0.15, 0.2) is 24.3 Å². The zero-order valence-electron chi connectivity index (χ0n) is 11.5. The van der Waals surface area contributed by atoms with Crippen LogP contribution in [-0.2, 0) is 9.47 Å². The van der Waals surface area contributed by atoms with Crippen molar-refractivity contribution in [3.8, 4) is 0 Å². The highest BCUT2D eigenvalue weighted by molar-refractivity contribution is 14.1. The van der Waals surface area contributed by atoms with E-state index in [-0.39, 0.29) is 6.10 Å². The monoisotopic (exact) mass is 389 g/mol. The van der Waals surface area contributed by atoms with Crippen molar-refractivity contribution in [3.05, 3.63) is 33.4 Å². The minimum Gasteiger partial charge on any atom is -0.446 e. The standard InChI is InChI=1S/C15H20INO3/c1-19-8-4-6-10(11-5-2-3-7-13(11)16)12-9-14(12)20-15(17)18/h2-3,5,7,10,12,14H,4,6,8-9H2,1H3,(H2,17,18)/t10-,12+,14?/m1/s1. The highest BCUT2D eigenvalue weighted by atomic mass is 127. The molecule has 1 amide bonds. The van der Waals surface area contributed by atoms with E-state index in [0.717, 1.165) is 25.9 Å². The first-order chi connectivity index (χ1) is 9.63. The summed E-state index contributed by atoms with van der Waals surface area (Å²) in [5, 5.41) is 0. The molecule has 1 fully saturated rings. The van der Waals surface area contributed by atoms with Crippen molar-refractivity contribution >= 4 is 28.7 Å². The van der Waals surface area contributed by atoms with E-state index in [2.05, 4.69) is 40.8 Å². The van der Waals surface area contributed by atoms with Crippen molar-refractivity contribution in [2.45, 2.75) is 31.3 Å². The minimum atomic E-state index is -0.670. The Bertz CT molecular complexity index is 466. The summed E-state index contributed by atoms with van der Waals surface area (Å²) >= 11 is 2.37. The van der Waals surface area contributed by atoms with Gasteiger partial charge in [0.2, 0.25) is 0 Å². The van der Waals surface area contributed by atoms with Crippen molar-refractivity contribution < 1.29 is 14.3 Å². The Balaban J connectivity index is 2.06. The molecule has 2 rings (SSSR count). The summed E-state index contributed by atoms with van der Waals surface area (Å²) in [6, 6.07) is 8.39. The molecule has 1 saturated carbocycles. The first-order valence-corrected chi connectivity index (χ1v) is 7.90. The molecule has 0 heterocycles. The molecule has 0 spiro atoms. The molecule has 1 aromatic rings. The molecule has 1 unspecified atom stereocenters. The normalized spacial score (nSPS) is 22.3. The number of nitrogens with two attached hydrogens (primary N) is 1. The number of amides is 1. The van der Waals surface area contributed by atoms with E-state index < -0.39 is 6.09 Å². The fourth-order valence-electron chi connectivity index (χ4n) is 2.72. The molecule has 0 bridgehead atoms. The number of hydrogen-bond acceptors (Lipinski definition) is 3. The van der Waals surface area contributed by atoms with Crippen LogP contribution in [0.1, 0.15) is 30.7 Å². The molecule has 0 radical (unpaired) electrons. The van der Waals surface area contributed by atoms with Gasteiger partial charge in [-0.3, -0.25) is 0 Å². The summed E-state index contributed by atoms with van der Waals surface area (Å²) in [6.07, 6.45) is 2.27. The molecular weight excluding hydrogens is 369 g/mol. The van der Waals surface area contributed by atoms with Crippen LogP contribution < -0.4 is 5.73 Å². The lowest BCUT2D eigenvalue weighted by molar-refractivity contribution is 0.140. The van der Waals surface area contributed by atoms with E-state index in [1.54, 1.807) is 7.11 Å². The first-order valence-electron chi connectivity index (χ1n) is 6.83. The number of primary amides is 1. The van der Waals surface area contributed by atoms with Gasteiger partial charge in [0, 0.05) is 23.2 Å². The third-order valence-electron chi connectivity index (χ3n) is 3.73. The number of halogens is 1. The van der Waals surface area contributed by atoms with Gasteiger partial charge < -0.3 is 15.2 Å². The predicted molar refractivity (Wildman–Crippen MR) is 85.6 cm³/mol. The predicted octanol–water partition coefficient (Wildman–Crippen LogP) is 3.29. The molecule has 110 valence electrons. The Hall–Kier alpha value is -0.820. The zero-order valence-corrected chi connectivity index (χ0v) is 13.7. The van der Waals surface area contributed by atoms with Crippen molar-refractivity contribution in [1.29, 1.82) is 0 Å². The summed E-state index contributed by atoms with van der Waals surface area (Å²) in [5.41, 5.74) is 6.44. The molecule has 1 aromatic carbocycles. The second kappa shape index (κ2) is 7.26. The fourth-order valence-corrected chi connectivity index (χ4v) is 3.51. The lowest BCUT2D eigenvalue weighted by atomic mass is 9.90. The fraction of sp³-hybridized carbons (Fsp3) is 0.533. The van der Waals surface area contributed by atoms with Crippen LogP contribution in [0, 0.1) is 9.49 Å². The first kappa shape index (κ1) is 15.6. The highest BCUT2D eigenvalue weighted by Gasteiger charge is 2.46. The highest BCUT2D eigenvalue weighted by Crippen LogP contribution is 2.48. The molecule has 20 heavy (non-hydrogen) atoms. The third-order valence-corrected chi connectivity index (χ3v) is 4.71. The maximum absolute atomic E-state index is 10.9. The van der Waals surface area contributed by atoms with Crippen molar-refractivity contribution in [1.82, 2.24) is 0 Å². The van der Waals surface area contributed by atoms with Crippen LogP contribution in [-0.4, -0.2) is 25.9 Å².